The summed E-state index contributed by atoms with van der Waals surface area (Å²) in [6.07, 6.45) is 3.69. The first kappa shape index (κ1) is 17.0. The number of fused-ring (bicyclic) bond motifs is 2. The first-order valence-corrected chi connectivity index (χ1v) is 8.26. The molecule has 0 fully saturated rings. The van der Waals surface area contributed by atoms with Crippen LogP contribution in [0.2, 0.25) is 0 Å². The Morgan fingerprint density at radius 3 is 2.52 bits per heavy atom. The van der Waals surface area contributed by atoms with Crippen LogP contribution in [-0.4, -0.2) is 31.7 Å². The van der Waals surface area contributed by atoms with Gasteiger partial charge in [-0.1, -0.05) is 12.1 Å². The lowest BCUT2D eigenvalue weighted by atomic mass is 10.0. The van der Waals surface area contributed by atoms with Gasteiger partial charge in [-0.3, -0.25) is 4.99 Å². The first-order chi connectivity index (χ1) is 13.2. The fourth-order valence-corrected chi connectivity index (χ4v) is 2.82. The molecule has 27 heavy (non-hydrogen) atoms. The van der Waals surface area contributed by atoms with Gasteiger partial charge in [0.15, 0.2) is 28.9 Å². The van der Waals surface area contributed by atoms with Crippen LogP contribution < -0.4 is 14.2 Å². The Morgan fingerprint density at radius 2 is 1.74 bits per heavy atom. The molecule has 0 aliphatic carbocycles. The van der Waals surface area contributed by atoms with Crippen LogP contribution in [0.5, 0.6) is 17.2 Å². The Balaban J connectivity index is 1.72. The highest BCUT2D eigenvalue weighted by atomic mass is 19.1. The van der Waals surface area contributed by atoms with Crippen LogP contribution in [0.3, 0.4) is 0 Å². The van der Waals surface area contributed by atoms with Crippen LogP contribution in [0.4, 0.5) is 10.1 Å². The van der Waals surface area contributed by atoms with Crippen LogP contribution in [0.1, 0.15) is 5.56 Å². The van der Waals surface area contributed by atoms with Crippen molar-refractivity contribution in [3.05, 3.63) is 60.1 Å². The molecule has 4 rings (SSSR count). The summed E-state index contributed by atoms with van der Waals surface area (Å²) in [5.41, 5.74) is 2.37. The maximum absolute atomic E-state index is 13.8. The minimum absolute atomic E-state index is 0.0903. The second-order valence-electron chi connectivity index (χ2n) is 5.82. The van der Waals surface area contributed by atoms with Crippen LogP contribution >= 0.6 is 0 Å². The Kier molecular flexibility index (Phi) is 4.42. The molecule has 6 nitrogen and oxygen atoms in total. The minimum Gasteiger partial charge on any atom is -0.493 e. The third kappa shape index (κ3) is 3.31. The highest BCUT2D eigenvalue weighted by molar-refractivity contribution is 6.45. The molecule has 2 aliphatic heterocycles. The zero-order chi connectivity index (χ0) is 18.8. The van der Waals surface area contributed by atoms with Gasteiger partial charge >= 0.3 is 0 Å². The summed E-state index contributed by atoms with van der Waals surface area (Å²) < 4.78 is 30.1. The van der Waals surface area contributed by atoms with E-state index in [2.05, 4.69) is 15.0 Å². The second-order valence-corrected chi connectivity index (χ2v) is 5.82. The number of benzene rings is 2. The lowest BCUT2D eigenvalue weighted by molar-refractivity contribution is 0.355. The maximum Gasteiger partial charge on any atom is 0.222 e. The maximum atomic E-state index is 13.8. The van der Waals surface area contributed by atoms with Crippen LogP contribution in [0.25, 0.3) is 0 Å². The van der Waals surface area contributed by atoms with Gasteiger partial charge in [0.2, 0.25) is 5.90 Å². The summed E-state index contributed by atoms with van der Waals surface area (Å²) >= 11 is 0. The van der Waals surface area contributed by atoms with Gasteiger partial charge in [0.05, 0.1) is 25.6 Å². The predicted octanol–water partition coefficient (Wildman–Crippen LogP) is 3.87. The Labute approximate surface area is 155 Å². The van der Waals surface area contributed by atoms with Gasteiger partial charge in [0.25, 0.3) is 0 Å². The van der Waals surface area contributed by atoms with E-state index < -0.39 is 5.82 Å². The number of halogens is 1. The molecule has 0 saturated heterocycles. The standard InChI is InChI=1S/C20H16FN3O3/c1-25-17-10-12-9-15-20(23-14(12)11-18(17)26-2)24-19(7-8-22-15)27-16-6-4-3-5-13(16)21/h3-8,10-11H,9H2,1-2H3. The Bertz CT molecular complexity index is 1030. The molecule has 2 aromatic carbocycles. The van der Waals surface area contributed by atoms with E-state index in [1.165, 1.54) is 12.1 Å². The first-order valence-electron chi connectivity index (χ1n) is 8.26. The number of hydrogen-bond acceptors (Lipinski definition) is 6. The lowest BCUT2D eigenvalue weighted by Crippen LogP contribution is -2.20. The van der Waals surface area contributed by atoms with Crippen LogP contribution in [0.15, 0.2) is 63.7 Å². The zero-order valence-corrected chi connectivity index (χ0v) is 14.8. The fourth-order valence-electron chi connectivity index (χ4n) is 2.82. The third-order valence-electron chi connectivity index (χ3n) is 4.14. The van der Waals surface area contributed by atoms with Gasteiger partial charge in [-0.2, -0.15) is 4.99 Å². The van der Waals surface area contributed by atoms with Crippen molar-refractivity contribution < 1.29 is 18.6 Å². The molecule has 0 saturated carbocycles. The zero-order valence-electron chi connectivity index (χ0n) is 14.8. The van der Waals surface area contributed by atoms with E-state index in [9.17, 15) is 4.39 Å². The van der Waals surface area contributed by atoms with Crippen molar-refractivity contribution in [3.63, 3.8) is 0 Å². The van der Waals surface area contributed by atoms with E-state index in [4.69, 9.17) is 14.2 Å². The van der Waals surface area contributed by atoms with E-state index in [-0.39, 0.29) is 11.6 Å². The van der Waals surface area contributed by atoms with Gasteiger partial charge in [0, 0.05) is 24.8 Å². The molecule has 2 aliphatic rings. The number of methoxy groups -OCH3 is 2. The summed E-state index contributed by atoms with van der Waals surface area (Å²) in [5, 5.41) is 0. The van der Waals surface area contributed by atoms with Gasteiger partial charge in [-0.15, -0.1) is 0 Å². The molecule has 0 aromatic heterocycles. The molecular formula is C20H16FN3O3. The molecule has 0 radical (unpaired) electrons. The molecule has 0 atom stereocenters. The number of rotatable bonds is 3. The highest BCUT2D eigenvalue weighted by Crippen LogP contribution is 2.37. The minimum atomic E-state index is -0.466. The van der Waals surface area contributed by atoms with E-state index in [1.54, 1.807) is 44.7 Å². The number of amidine groups is 1. The SMILES string of the molecule is COc1cc2c(cc1OC)N=C1N=C(Oc3ccccc3F)C=CN=C1C2. The number of hydrogen-bond donors (Lipinski definition) is 0. The summed E-state index contributed by atoms with van der Waals surface area (Å²) in [7, 11) is 3.16. The highest BCUT2D eigenvalue weighted by Gasteiger charge is 2.23. The molecule has 0 unspecified atom stereocenters. The molecule has 136 valence electrons. The van der Waals surface area contributed by atoms with E-state index in [0.717, 1.165) is 11.3 Å². The summed E-state index contributed by atoms with van der Waals surface area (Å²) in [6.45, 7) is 0. The van der Waals surface area contributed by atoms with Gasteiger partial charge < -0.3 is 14.2 Å². The predicted molar refractivity (Wildman–Crippen MR) is 101 cm³/mol. The Hall–Kier alpha value is -3.48. The number of para-hydroxylation sites is 1. The third-order valence-corrected chi connectivity index (χ3v) is 4.14. The van der Waals surface area contributed by atoms with Crippen molar-refractivity contribution in [1.29, 1.82) is 0 Å². The van der Waals surface area contributed by atoms with Crippen LogP contribution in [0, 0.1) is 5.82 Å². The molecule has 0 bridgehead atoms. The average Bonchev–Trinajstić information content (AvgIpc) is 2.88. The van der Waals surface area contributed by atoms with E-state index in [0.29, 0.717) is 29.5 Å². The van der Waals surface area contributed by atoms with Gasteiger partial charge in [0.1, 0.15) is 0 Å². The lowest BCUT2D eigenvalue weighted by Gasteiger charge is -2.17. The Morgan fingerprint density at radius 1 is 0.963 bits per heavy atom. The van der Waals surface area contributed by atoms with Gasteiger partial charge in [-0.25, -0.2) is 9.38 Å². The van der Waals surface area contributed by atoms with Crippen molar-refractivity contribution in [3.8, 4) is 17.2 Å². The summed E-state index contributed by atoms with van der Waals surface area (Å²) in [6, 6.07) is 9.82. The number of nitrogens with zero attached hydrogens (tertiary/aromatic N) is 3. The van der Waals surface area contributed by atoms with Crippen molar-refractivity contribution >= 4 is 23.1 Å². The van der Waals surface area contributed by atoms with E-state index >= 15 is 0 Å². The summed E-state index contributed by atoms with van der Waals surface area (Å²) in [4.78, 5) is 13.4. The van der Waals surface area contributed by atoms with E-state index in [1.807, 2.05) is 6.07 Å². The largest absolute Gasteiger partial charge is 0.493 e. The van der Waals surface area contributed by atoms with Crippen LogP contribution in [-0.2, 0) is 6.42 Å². The molecule has 0 spiro atoms. The summed E-state index contributed by atoms with van der Waals surface area (Å²) in [5.74, 6) is 1.47. The molecule has 2 aromatic rings. The second kappa shape index (κ2) is 7.03. The smallest absolute Gasteiger partial charge is 0.222 e. The fraction of sp³-hybridized carbons (Fsp3) is 0.150. The topological polar surface area (TPSA) is 64.8 Å². The van der Waals surface area contributed by atoms with Crippen molar-refractivity contribution in [1.82, 2.24) is 0 Å². The quantitative estimate of drug-likeness (QED) is 0.829. The van der Waals surface area contributed by atoms with Crippen molar-refractivity contribution in [2.75, 3.05) is 14.2 Å². The van der Waals surface area contributed by atoms with Gasteiger partial charge in [-0.05, 0) is 23.8 Å². The number of ether oxygens (including phenoxy) is 3. The molecule has 7 heteroatoms. The molecule has 0 amide bonds. The molecular weight excluding hydrogens is 349 g/mol. The van der Waals surface area contributed by atoms with Crippen molar-refractivity contribution in [2.24, 2.45) is 15.0 Å². The monoisotopic (exact) mass is 365 g/mol. The number of aliphatic imine (C=N–C) groups is 3. The molecule has 2 heterocycles. The van der Waals surface area contributed by atoms with Crippen molar-refractivity contribution in [2.45, 2.75) is 6.42 Å². The normalized spacial score (nSPS) is 14.9. The average molecular weight is 365 g/mol. The molecule has 0 N–H and O–H groups in total.